The maximum Gasteiger partial charge on any atom is 0.145 e. The third kappa shape index (κ3) is 2.09. The zero-order valence-electron chi connectivity index (χ0n) is 9.73. The molecule has 0 saturated carbocycles. The molecule has 5 heteroatoms. The summed E-state index contributed by atoms with van der Waals surface area (Å²) >= 11 is 0. The normalized spacial score (nSPS) is 10.3. The molecule has 5 nitrogen and oxygen atoms in total. The van der Waals surface area contributed by atoms with Gasteiger partial charge in [-0.3, -0.25) is 0 Å². The molecule has 2 N–H and O–H groups in total. The Bertz CT molecular complexity index is 486. The highest BCUT2D eigenvalue weighted by atomic mass is 16.5. The van der Waals surface area contributed by atoms with Crippen LogP contribution in [0, 0.1) is 0 Å². The van der Waals surface area contributed by atoms with Crippen molar-refractivity contribution in [3.05, 3.63) is 30.1 Å². The van der Waals surface area contributed by atoms with Crippen LogP contribution in [-0.2, 0) is 6.61 Å². The minimum atomic E-state index is -0.0789. The Balaban J connectivity index is 2.55. The molecular formula is C12H14N2O3. The molecule has 0 aliphatic rings. The number of rotatable bonds is 4. The predicted molar refractivity (Wildman–Crippen MR) is 63.1 cm³/mol. The molecule has 2 rings (SSSR count). The van der Waals surface area contributed by atoms with Gasteiger partial charge in [-0.2, -0.15) is 0 Å². The number of aliphatic hydroxyl groups excluding tert-OH is 1. The number of ether oxygens (including phenoxy) is 2. The largest absolute Gasteiger partial charge is 0.496 e. The number of imidazole rings is 1. The lowest BCUT2D eigenvalue weighted by Gasteiger charge is -2.10. The van der Waals surface area contributed by atoms with Crippen LogP contribution in [0.1, 0.15) is 5.69 Å². The van der Waals surface area contributed by atoms with E-state index in [4.69, 9.17) is 14.6 Å². The fourth-order valence-corrected chi connectivity index (χ4v) is 1.65. The van der Waals surface area contributed by atoms with E-state index in [0.29, 0.717) is 23.0 Å². The van der Waals surface area contributed by atoms with Crippen molar-refractivity contribution in [1.29, 1.82) is 0 Å². The fraction of sp³-hybridized carbons (Fsp3) is 0.250. The number of aromatic amines is 1. The monoisotopic (exact) mass is 234 g/mol. The Morgan fingerprint density at radius 1 is 1.24 bits per heavy atom. The molecule has 0 saturated heterocycles. The first-order chi connectivity index (χ1) is 8.30. The summed E-state index contributed by atoms with van der Waals surface area (Å²) in [5.41, 5.74) is 1.39. The lowest BCUT2D eigenvalue weighted by Crippen LogP contribution is -1.94. The number of nitrogens with one attached hydrogen (secondary N) is 1. The van der Waals surface area contributed by atoms with Crippen LogP contribution in [0.5, 0.6) is 11.5 Å². The Hall–Kier alpha value is -2.01. The summed E-state index contributed by atoms with van der Waals surface area (Å²) in [5.74, 6) is 1.95. The van der Waals surface area contributed by atoms with E-state index >= 15 is 0 Å². The van der Waals surface area contributed by atoms with Gasteiger partial charge in [0.2, 0.25) is 0 Å². The molecule has 0 radical (unpaired) electrons. The first-order valence-corrected chi connectivity index (χ1v) is 5.16. The number of aliphatic hydroxyl groups is 1. The summed E-state index contributed by atoms with van der Waals surface area (Å²) in [6.45, 7) is -0.0789. The highest BCUT2D eigenvalue weighted by Gasteiger charge is 2.15. The van der Waals surface area contributed by atoms with Gasteiger partial charge in [0.1, 0.15) is 22.9 Å². The van der Waals surface area contributed by atoms with Crippen LogP contribution in [0.15, 0.2) is 24.4 Å². The lowest BCUT2D eigenvalue weighted by molar-refractivity contribution is 0.277. The molecule has 90 valence electrons. The van der Waals surface area contributed by atoms with Gasteiger partial charge in [0.15, 0.2) is 0 Å². The number of hydrogen-bond donors (Lipinski definition) is 2. The van der Waals surface area contributed by atoms with Crippen LogP contribution in [-0.4, -0.2) is 29.3 Å². The van der Waals surface area contributed by atoms with Gasteiger partial charge in [0.05, 0.1) is 32.7 Å². The van der Waals surface area contributed by atoms with Crippen LogP contribution in [0.25, 0.3) is 11.4 Å². The zero-order chi connectivity index (χ0) is 12.3. The Labute approximate surface area is 99.0 Å². The smallest absolute Gasteiger partial charge is 0.145 e. The fourth-order valence-electron chi connectivity index (χ4n) is 1.65. The average molecular weight is 234 g/mol. The summed E-state index contributed by atoms with van der Waals surface area (Å²) in [6.07, 6.45) is 1.58. The van der Waals surface area contributed by atoms with Gasteiger partial charge in [-0.1, -0.05) is 6.07 Å². The van der Waals surface area contributed by atoms with Gasteiger partial charge in [0, 0.05) is 0 Å². The first kappa shape index (κ1) is 11.5. The van der Waals surface area contributed by atoms with E-state index in [2.05, 4.69) is 9.97 Å². The van der Waals surface area contributed by atoms with Crippen molar-refractivity contribution in [2.24, 2.45) is 0 Å². The highest BCUT2D eigenvalue weighted by Crippen LogP contribution is 2.36. The molecular weight excluding hydrogens is 220 g/mol. The quantitative estimate of drug-likeness (QED) is 0.843. The molecule has 0 atom stereocenters. The van der Waals surface area contributed by atoms with Crippen molar-refractivity contribution in [3.8, 4) is 22.9 Å². The van der Waals surface area contributed by atoms with Crippen LogP contribution in [0.2, 0.25) is 0 Å². The van der Waals surface area contributed by atoms with Gasteiger partial charge in [-0.15, -0.1) is 0 Å². The first-order valence-electron chi connectivity index (χ1n) is 5.16. The van der Waals surface area contributed by atoms with Crippen LogP contribution < -0.4 is 9.47 Å². The van der Waals surface area contributed by atoms with E-state index < -0.39 is 0 Å². The minimum Gasteiger partial charge on any atom is -0.496 e. The van der Waals surface area contributed by atoms with E-state index in [1.165, 1.54) is 0 Å². The molecule has 1 heterocycles. The summed E-state index contributed by atoms with van der Waals surface area (Å²) in [6, 6.07) is 5.51. The molecule has 0 bridgehead atoms. The van der Waals surface area contributed by atoms with Crippen LogP contribution >= 0.6 is 0 Å². The van der Waals surface area contributed by atoms with Crippen molar-refractivity contribution >= 4 is 0 Å². The van der Waals surface area contributed by atoms with Gasteiger partial charge < -0.3 is 19.6 Å². The number of methoxy groups -OCH3 is 2. The Kier molecular flexibility index (Phi) is 3.30. The third-order valence-corrected chi connectivity index (χ3v) is 2.46. The van der Waals surface area contributed by atoms with Gasteiger partial charge >= 0.3 is 0 Å². The Morgan fingerprint density at radius 3 is 2.35 bits per heavy atom. The maximum atomic E-state index is 9.02. The highest BCUT2D eigenvalue weighted by molar-refractivity contribution is 5.72. The minimum absolute atomic E-state index is 0.0789. The third-order valence-electron chi connectivity index (χ3n) is 2.46. The standard InChI is InChI=1S/C12H14N2O3/c1-16-9-4-3-5-10(17-2)11(9)12-13-6-8(7-15)14-12/h3-6,15H,7H2,1-2H3,(H,13,14). The SMILES string of the molecule is COc1cccc(OC)c1-c1ncc(CO)[nH]1. The van der Waals surface area contributed by atoms with E-state index in [1.54, 1.807) is 20.4 Å². The molecule has 0 fully saturated rings. The van der Waals surface area contributed by atoms with E-state index in [0.717, 1.165) is 5.56 Å². The van der Waals surface area contributed by atoms with E-state index in [9.17, 15) is 0 Å². The summed E-state index contributed by atoms with van der Waals surface area (Å²) in [4.78, 5) is 7.21. The molecule has 1 aromatic heterocycles. The van der Waals surface area contributed by atoms with Crippen molar-refractivity contribution in [2.75, 3.05) is 14.2 Å². The zero-order valence-corrected chi connectivity index (χ0v) is 9.73. The molecule has 2 aromatic rings. The molecule has 17 heavy (non-hydrogen) atoms. The number of nitrogens with zero attached hydrogens (tertiary/aromatic N) is 1. The summed E-state index contributed by atoms with van der Waals surface area (Å²) in [5, 5.41) is 9.02. The van der Waals surface area contributed by atoms with Crippen molar-refractivity contribution in [2.45, 2.75) is 6.61 Å². The molecule has 0 unspecified atom stereocenters. The van der Waals surface area contributed by atoms with Crippen LogP contribution in [0.3, 0.4) is 0 Å². The van der Waals surface area contributed by atoms with Gasteiger partial charge in [-0.05, 0) is 12.1 Å². The predicted octanol–water partition coefficient (Wildman–Crippen LogP) is 1.59. The van der Waals surface area contributed by atoms with E-state index in [-0.39, 0.29) is 6.61 Å². The molecule has 0 aliphatic carbocycles. The topological polar surface area (TPSA) is 67.4 Å². The summed E-state index contributed by atoms with van der Waals surface area (Å²) in [7, 11) is 3.18. The number of H-pyrrole nitrogens is 1. The van der Waals surface area contributed by atoms with Gasteiger partial charge in [0.25, 0.3) is 0 Å². The lowest BCUT2D eigenvalue weighted by atomic mass is 10.1. The van der Waals surface area contributed by atoms with E-state index in [1.807, 2.05) is 18.2 Å². The van der Waals surface area contributed by atoms with Crippen molar-refractivity contribution in [1.82, 2.24) is 9.97 Å². The van der Waals surface area contributed by atoms with Gasteiger partial charge in [-0.25, -0.2) is 4.98 Å². The second-order valence-corrected chi connectivity index (χ2v) is 3.45. The number of aromatic nitrogens is 2. The summed E-state index contributed by atoms with van der Waals surface area (Å²) < 4.78 is 10.6. The average Bonchev–Trinajstić information content (AvgIpc) is 2.86. The van der Waals surface area contributed by atoms with Crippen molar-refractivity contribution < 1.29 is 14.6 Å². The molecule has 0 aliphatic heterocycles. The molecule has 0 amide bonds. The van der Waals surface area contributed by atoms with Crippen LogP contribution in [0.4, 0.5) is 0 Å². The molecule has 0 spiro atoms. The second kappa shape index (κ2) is 4.88. The number of benzene rings is 1. The number of hydrogen-bond acceptors (Lipinski definition) is 4. The second-order valence-electron chi connectivity index (χ2n) is 3.45. The van der Waals surface area contributed by atoms with Crippen molar-refractivity contribution in [3.63, 3.8) is 0 Å². The Morgan fingerprint density at radius 2 is 1.88 bits per heavy atom. The molecule has 1 aromatic carbocycles. The maximum absolute atomic E-state index is 9.02.